The van der Waals surface area contributed by atoms with Crippen molar-refractivity contribution in [3.63, 3.8) is 0 Å². The van der Waals surface area contributed by atoms with E-state index in [2.05, 4.69) is 5.32 Å². The number of aliphatic hydroxyl groups excluding tert-OH is 1. The molecule has 0 aromatic heterocycles. The van der Waals surface area contributed by atoms with Gasteiger partial charge in [0, 0.05) is 11.8 Å². The topological polar surface area (TPSA) is 75.4 Å². The van der Waals surface area contributed by atoms with Gasteiger partial charge in [-0.2, -0.15) is 0 Å². The SMILES string of the molecule is C[C@H](O)Cc1ccc(Nc2ccccc2[N+](=O)[O-])cc1. The van der Waals surface area contributed by atoms with Crippen LogP contribution in [0, 0.1) is 10.1 Å². The summed E-state index contributed by atoms with van der Waals surface area (Å²) in [5.74, 6) is 0. The first kappa shape index (κ1) is 14.0. The molecule has 0 fully saturated rings. The molecule has 0 bridgehead atoms. The Morgan fingerprint density at radius 2 is 1.85 bits per heavy atom. The molecule has 0 amide bonds. The number of hydrogen-bond acceptors (Lipinski definition) is 4. The van der Waals surface area contributed by atoms with E-state index in [1.54, 1.807) is 25.1 Å². The molecule has 0 aliphatic heterocycles. The summed E-state index contributed by atoms with van der Waals surface area (Å²) in [4.78, 5) is 10.5. The third-order valence-corrected chi connectivity index (χ3v) is 2.86. The molecule has 2 rings (SSSR count). The lowest BCUT2D eigenvalue weighted by atomic mass is 10.1. The zero-order chi connectivity index (χ0) is 14.5. The molecular weight excluding hydrogens is 256 g/mol. The smallest absolute Gasteiger partial charge is 0.292 e. The fraction of sp³-hybridized carbons (Fsp3) is 0.200. The van der Waals surface area contributed by atoms with Gasteiger partial charge in [0.15, 0.2) is 0 Å². The van der Waals surface area contributed by atoms with E-state index in [9.17, 15) is 15.2 Å². The predicted octanol–water partition coefficient (Wildman–Crippen LogP) is 3.26. The van der Waals surface area contributed by atoms with Crippen molar-refractivity contribution in [2.45, 2.75) is 19.4 Å². The molecule has 0 saturated carbocycles. The van der Waals surface area contributed by atoms with Gasteiger partial charge in [-0.05, 0) is 37.1 Å². The zero-order valence-corrected chi connectivity index (χ0v) is 11.1. The second-order valence-electron chi connectivity index (χ2n) is 4.65. The molecule has 5 heteroatoms. The van der Waals surface area contributed by atoms with Crippen molar-refractivity contribution in [3.05, 3.63) is 64.2 Å². The normalized spacial score (nSPS) is 11.9. The van der Waals surface area contributed by atoms with Crippen LogP contribution in [-0.4, -0.2) is 16.1 Å². The number of para-hydroxylation sites is 2. The minimum atomic E-state index is -0.413. The fourth-order valence-electron chi connectivity index (χ4n) is 1.96. The maximum atomic E-state index is 10.9. The highest BCUT2D eigenvalue weighted by molar-refractivity contribution is 5.69. The Labute approximate surface area is 117 Å². The second kappa shape index (κ2) is 6.16. The number of aliphatic hydroxyl groups is 1. The Morgan fingerprint density at radius 1 is 1.20 bits per heavy atom. The Hall–Kier alpha value is -2.40. The first-order valence-electron chi connectivity index (χ1n) is 6.33. The van der Waals surface area contributed by atoms with Crippen molar-refractivity contribution in [1.29, 1.82) is 0 Å². The fourth-order valence-corrected chi connectivity index (χ4v) is 1.96. The molecule has 104 valence electrons. The van der Waals surface area contributed by atoms with E-state index >= 15 is 0 Å². The standard InChI is InChI=1S/C15H16N2O3/c1-11(18)10-12-6-8-13(9-7-12)16-14-4-2-3-5-15(14)17(19)20/h2-9,11,16,18H,10H2,1H3/t11-/m0/s1. The minimum Gasteiger partial charge on any atom is -0.393 e. The van der Waals surface area contributed by atoms with Crippen LogP contribution in [-0.2, 0) is 6.42 Å². The molecule has 5 nitrogen and oxygen atoms in total. The molecule has 0 aliphatic carbocycles. The lowest BCUT2D eigenvalue weighted by molar-refractivity contribution is -0.383. The van der Waals surface area contributed by atoms with Crippen LogP contribution in [0.5, 0.6) is 0 Å². The van der Waals surface area contributed by atoms with Gasteiger partial charge in [0.25, 0.3) is 5.69 Å². The van der Waals surface area contributed by atoms with Gasteiger partial charge >= 0.3 is 0 Å². The number of nitrogens with zero attached hydrogens (tertiary/aromatic N) is 1. The molecule has 20 heavy (non-hydrogen) atoms. The van der Waals surface area contributed by atoms with E-state index in [0.717, 1.165) is 11.3 Å². The average molecular weight is 272 g/mol. The summed E-state index contributed by atoms with van der Waals surface area (Å²) in [5.41, 5.74) is 2.29. The van der Waals surface area contributed by atoms with E-state index in [0.29, 0.717) is 12.1 Å². The van der Waals surface area contributed by atoms with E-state index < -0.39 is 4.92 Å². The van der Waals surface area contributed by atoms with Crippen molar-refractivity contribution in [1.82, 2.24) is 0 Å². The van der Waals surface area contributed by atoms with E-state index in [4.69, 9.17) is 0 Å². The highest BCUT2D eigenvalue weighted by Crippen LogP contribution is 2.27. The van der Waals surface area contributed by atoms with Crippen molar-refractivity contribution in [2.24, 2.45) is 0 Å². The van der Waals surface area contributed by atoms with Gasteiger partial charge in [-0.3, -0.25) is 10.1 Å². The van der Waals surface area contributed by atoms with Crippen LogP contribution >= 0.6 is 0 Å². The van der Waals surface area contributed by atoms with E-state index in [1.807, 2.05) is 24.3 Å². The van der Waals surface area contributed by atoms with E-state index in [-0.39, 0.29) is 11.8 Å². The Kier molecular flexibility index (Phi) is 4.32. The van der Waals surface area contributed by atoms with Gasteiger partial charge in [0.2, 0.25) is 0 Å². The monoisotopic (exact) mass is 272 g/mol. The summed E-state index contributed by atoms with van der Waals surface area (Å²) in [7, 11) is 0. The maximum Gasteiger partial charge on any atom is 0.292 e. The van der Waals surface area contributed by atoms with Crippen LogP contribution < -0.4 is 5.32 Å². The summed E-state index contributed by atoms with van der Waals surface area (Å²) >= 11 is 0. The predicted molar refractivity (Wildman–Crippen MR) is 78.2 cm³/mol. The van der Waals surface area contributed by atoms with Crippen LogP contribution in [0.2, 0.25) is 0 Å². The van der Waals surface area contributed by atoms with Gasteiger partial charge in [-0.25, -0.2) is 0 Å². The van der Waals surface area contributed by atoms with Gasteiger partial charge in [0.05, 0.1) is 11.0 Å². The molecule has 2 N–H and O–H groups in total. The molecule has 2 aromatic carbocycles. The molecule has 0 unspecified atom stereocenters. The van der Waals surface area contributed by atoms with Crippen LogP contribution in [0.15, 0.2) is 48.5 Å². The van der Waals surface area contributed by atoms with Gasteiger partial charge in [-0.1, -0.05) is 24.3 Å². The van der Waals surface area contributed by atoms with Crippen molar-refractivity contribution < 1.29 is 10.0 Å². The number of nitrogens with one attached hydrogen (secondary N) is 1. The molecule has 0 heterocycles. The third-order valence-electron chi connectivity index (χ3n) is 2.86. The summed E-state index contributed by atoms with van der Waals surface area (Å²) in [6.07, 6.45) is 0.204. The van der Waals surface area contributed by atoms with E-state index in [1.165, 1.54) is 6.07 Å². The molecule has 0 spiro atoms. The Balaban J connectivity index is 2.16. The summed E-state index contributed by atoms with van der Waals surface area (Å²) in [6, 6.07) is 14.0. The van der Waals surface area contributed by atoms with Crippen LogP contribution in [0.25, 0.3) is 0 Å². The first-order chi connectivity index (χ1) is 9.56. The molecule has 2 aromatic rings. The Morgan fingerprint density at radius 3 is 2.45 bits per heavy atom. The lowest BCUT2D eigenvalue weighted by Gasteiger charge is -2.09. The minimum absolute atomic E-state index is 0.0422. The highest BCUT2D eigenvalue weighted by atomic mass is 16.6. The lowest BCUT2D eigenvalue weighted by Crippen LogP contribution is -2.04. The number of anilines is 2. The van der Waals surface area contributed by atoms with Crippen molar-refractivity contribution in [2.75, 3.05) is 5.32 Å². The molecule has 1 atom stereocenters. The second-order valence-corrected chi connectivity index (χ2v) is 4.65. The first-order valence-corrected chi connectivity index (χ1v) is 6.33. The summed E-state index contributed by atoms with van der Waals surface area (Å²) < 4.78 is 0. The van der Waals surface area contributed by atoms with Gasteiger partial charge < -0.3 is 10.4 Å². The number of nitro groups is 1. The summed E-state index contributed by atoms with van der Waals surface area (Å²) in [5, 5.41) is 23.3. The van der Waals surface area contributed by atoms with Gasteiger partial charge in [0.1, 0.15) is 5.69 Å². The summed E-state index contributed by atoms with van der Waals surface area (Å²) in [6.45, 7) is 1.74. The van der Waals surface area contributed by atoms with Crippen molar-refractivity contribution in [3.8, 4) is 0 Å². The largest absolute Gasteiger partial charge is 0.393 e. The molecular formula is C15H16N2O3. The quantitative estimate of drug-likeness (QED) is 0.647. The Bertz CT molecular complexity index is 594. The number of rotatable bonds is 5. The van der Waals surface area contributed by atoms with Crippen LogP contribution in [0.3, 0.4) is 0 Å². The maximum absolute atomic E-state index is 10.9. The molecule has 0 saturated heterocycles. The number of nitro benzene ring substituents is 1. The third kappa shape index (κ3) is 3.55. The number of benzene rings is 2. The van der Waals surface area contributed by atoms with Crippen LogP contribution in [0.4, 0.5) is 17.1 Å². The number of hydrogen-bond donors (Lipinski definition) is 2. The molecule has 0 radical (unpaired) electrons. The molecule has 0 aliphatic rings. The van der Waals surface area contributed by atoms with Crippen LogP contribution in [0.1, 0.15) is 12.5 Å². The van der Waals surface area contributed by atoms with Crippen molar-refractivity contribution >= 4 is 17.1 Å². The zero-order valence-electron chi connectivity index (χ0n) is 11.1. The average Bonchev–Trinajstić information content (AvgIpc) is 2.41. The highest BCUT2D eigenvalue weighted by Gasteiger charge is 2.12. The van der Waals surface area contributed by atoms with Gasteiger partial charge in [-0.15, -0.1) is 0 Å².